The van der Waals surface area contributed by atoms with Crippen LogP contribution in [0.4, 0.5) is 0 Å². The van der Waals surface area contributed by atoms with Gasteiger partial charge >= 0.3 is 0 Å². The van der Waals surface area contributed by atoms with Crippen molar-refractivity contribution in [3.63, 3.8) is 0 Å². The maximum absolute atomic E-state index is 5.25. The number of hydrogen-bond acceptors (Lipinski definition) is 1. The highest BCUT2D eigenvalue weighted by Crippen LogP contribution is 2.28. The Labute approximate surface area is 99.1 Å². The van der Waals surface area contributed by atoms with Crippen LogP contribution in [0.15, 0.2) is 18.2 Å². The summed E-state index contributed by atoms with van der Waals surface area (Å²) in [6, 6.07) is 4.27. The summed E-state index contributed by atoms with van der Waals surface area (Å²) >= 11 is 0. The minimum Gasteiger partial charge on any atom is -0.497 e. The molecule has 0 fully saturated rings. The fourth-order valence-corrected chi connectivity index (χ4v) is 1.84. The van der Waals surface area contributed by atoms with Crippen molar-refractivity contribution in [3.05, 3.63) is 34.9 Å². The molecule has 88 valence electrons. The third kappa shape index (κ3) is 2.88. The van der Waals surface area contributed by atoms with Crippen molar-refractivity contribution in [2.24, 2.45) is 0 Å². The van der Waals surface area contributed by atoms with E-state index in [9.17, 15) is 0 Å². The fraction of sp³-hybridized carbons (Fsp3) is 0.467. The number of methoxy groups -OCH3 is 1. The molecule has 1 aliphatic rings. The predicted molar refractivity (Wildman–Crippen MR) is 71.1 cm³/mol. The van der Waals surface area contributed by atoms with Crippen LogP contribution in [0.1, 0.15) is 43.9 Å². The van der Waals surface area contributed by atoms with Gasteiger partial charge in [-0.1, -0.05) is 39.3 Å². The van der Waals surface area contributed by atoms with E-state index in [0.29, 0.717) is 0 Å². The Morgan fingerprint density at radius 3 is 2.44 bits per heavy atom. The summed E-state index contributed by atoms with van der Waals surface area (Å²) < 4.78 is 5.25. The first-order valence-electron chi connectivity index (χ1n) is 6.13. The third-order valence-electron chi connectivity index (χ3n) is 2.56. The standard InChI is InChI=1S/C12H14O.C3H8/c1-3-9-7-11(13-2)8-10-5-4-6-12(9)10;1-3-2/h4,6-8H,3,5H2,1-2H3;3H2,1-2H3. The summed E-state index contributed by atoms with van der Waals surface area (Å²) in [5.41, 5.74) is 4.20. The van der Waals surface area contributed by atoms with Gasteiger partial charge in [0.1, 0.15) is 5.75 Å². The summed E-state index contributed by atoms with van der Waals surface area (Å²) in [7, 11) is 1.73. The average Bonchev–Trinajstić information content (AvgIpc) is 2.76. The van der Waals surface area contributed by atoms with Gasteiger partial charge in [0.25, 0.3) is 0 Å². The van der Waals surface area contributed by atoms with Crippen LogP contribution in [0.2, 0.25) is 0 Å². The molecule has 0 N–H and O–H groups in total. The lowest BCUT2D eigenvalue weighted by molar-refractivity contribution is 0.414. The van der Waals surface area contributed by atoms with E-state index >= 15 is 0 Å². The maximum Gasteiger partial charge on any atom is 0.119 e. The Hall–Kier alpha value is -1.24. The summed E-state index contributed by atoms with van der Waals surface area (Å²) in [6.45, 7) is 6.43. The van der Waals surface area contributed by atoms with E-state index in [1.165, 1.54) is 23.1 Å². The molecule has 0 unspecified atom stereocenters. The zero-order valence-electron chi connectivity index (χ0n) is 10.8. The van der Waals surface area contributed by atoms with Gasteiger partial charge in [0, 0.05) is 0 Å². The van der Waals surface area contributed by atoms with Gasteiger partial charge in [-0.3, -0.25) is 0 Å². The smallest absolute Gasteiger partial charge is 0.119 e. The van der Waals surface area contributed by atoms with Gasteiger partial charge in [0.2, 0.25) is 0 Å². The van der Waals surface area contributed by atoms with Crippen molar-refractivity contribution in [2.75, 3.05) is 7.11 Å². The number of ether oxygens (including phenoxy) is 1. The van der Waals surface area contributed by atoms with Crippen molar-refractivity contribution in [1.29, 1.82) is 0 Å². The minimum absolute atomic E-state index is 0.985. The van der Waals surface area contributed by atoms with Crippen LogP contribution in [-0.2, 0) is 12.8 Å². The number of hydrogen-bond donors (Lipinski definition) is 0. The fourth-order valence-electron chi connectivity index (χ4n) is 1.84. The van der Waals surface area contributed by atoms with Crippen LogP contribution < -0.4 is 4.74 Å². The van der Waals surface area contributed by atoms with E-state index in [1.54, 1.807) is 7.11 Å². The maximum atomic E-state index is 5.25. The first-order valence-corrected chi connectivity index (χ1v) is 6.13. The zero-order chi connectivity index (χ0) is 12.0. The molecule has 1 aromatic carbocycles. The van der Waals surface area contributed by atoms with Crippen LogP contribution in [0.25, 0.3) is 6.08 Å². The Morgan fingerprint density at radius 2 is 1.88 bits per heavy atom. The van der Waals surface area contributed by atoms with Crippen molar-refractivity contribution in [1.82, 2.24) is 0 Å². The quantitative estimate of drug-likeness (QED) is 0.721. The van der Waals surface area contributed by atoms with Gasteiger partial charge in [-0.2, -0.15) is 0 Å². The van der Waals surface area contributed by atoms with Crippen molar-refractivity contribution >= 4 is 6.08 Å². The van der Waals surface area contributed by atoms with Gasteiger partial charge in [0.15, 0.2) is 0 Å². The largest absolute Gasteiger partial charge is 0.497 e. The molecule has 0 bridgehead atoms. The molecule has 0 spiro atoms. The van der Waals surface area contributed by atoms with E-state index in [0.717, 1.165) is 18.6 Å². The lowest BCUT2D eigenvalue weighted by atomic mass is 10.0. The molecular weight excluding hydrogens is 196 g/mol. The highest BCUT2D eigenvalue weighted by molar-refractivity contribution is 5.65. The molecule has 0 amide bonds. The van der Waals surface area contributed by atoms with Crippen LogP contribution >= 0.6 is 0 Å². The van der Waals surface area contributed by atoms with Gasteiger partial charge < -0.3 is 4.74 Å². The molecule has 0 saturated carbocycles. The minimum atomic E-state index is 0.985. The molecule has 1 aromatic rings. The lowest BCUT2D eigenvalue weighted by Crippen LogP contribution is -1.93. The molecule has 0 atom stereocenters. The summed E-state index contributed by atoms with van der Waals surface area (Å²) in [6.07, 6.45) is 7.81. The van der Waals surface area contributed by atoms with Crippen LogP contribution in [-0.4, -0.2) is 7.11 Å². The van der Waals surface area contributed by atoms with Crippen molar-refractivity contribution in [2.45, 2.75) is 40.0 Å². The molecule has 0 aliphatic heterocycles. The summed E-state index contributed by atoms with van der Waals surface area (Å²) in [5.74, 6) is 0.985. The molecule has 0 saturated heterocycles. The van der Waals surface area contributed by atoms with E-state index in [-0.39, 0.29) is 0 Å². The van der Waals surface area contributed by atoms with Crippen molar-refractivity contribution in [3.8, 4) is 5.75 Å². The predicted octanol–water partition coefficient (Wildman–Crippen LogP) is 4.24. The van der Waals surface area contributed by atoms with Gasteiger partial charge in [-0.15, -0.1) is 0 Å². The molecule has 0 heterocycles. The molecule has 16 heavy (non-hydrogen) atoms. The van der Waals surface area contributed by atoms with Gasteiger partial charge in [-0.25, -0.2) is 0 Å². The topological polar surface area (TPSA) is 9.23 Å². The summed E-state index contributed by atoms with van der Waals surface area (Å²) in [4.78, 5) is 0. The SMILES string of the molecule is CCC.CCc1cc(OC)cc2c1C=CC2. The first kappa shape index (κ1) is 12.8. The second-order valence-electron chi connectivity index (χ2n) is 4.03. The molecule has 0 aromatic heterocycles. The number of rotatable bonds is 2. The summed E-state index contributed by atoms with van der Waals surface area (Å²) in [5, 5.41) is 0. The molecule has 1 aliphatic carbocycles. The zero-order valence-corrected chi connectivity index (χ0v) is 10.8. The van der Waals surface area contributed by atoms with E-state index in [1.807, 2.05) is 0 Å². The lowest BCUT2D eigenvalue weighted by Gasteiger charge is -2.08. The van der Waals surface area contributed by atoms with Crippen LogP contribution in [0.3, 0.4) is 0 Å². The first-order chi connectivity index (χ1) is 7.76. The molecular formula is C15H22O. The highest BCUT2D eigenvalue weighted by atomic mass is 16.5. The number of benzene rings is 1. The molecule has 1 heteroatoms. The molecule has 2 rings (SSSR count). The second kappa shape index (κ2) is 6.37. The van der Waals surface area contributed by atoms with E-state index in [2.05, 4.69) is 45.1 Å². The monoisotopic (exact) mass is 218 g/mol. The Balaban J connectivity index is 0.000000386. The van der Waals surface area contributed by atoms with Gasteiger partial charge in [0.05, 0.1) is 7.11 Å². The van der Waals surface area contributed by atoms with Crippen molar-refractivity contribution < 1.29 is 4.74 Å². The number of allylic oxidation sites excluding steroid dienone is 1. The van der Waals surface area contributed by atoms with E-state index in [4.69, 9.17) is 4.74 Å². The Bertz CT molecular complexity index is 364. The second-order valence-corrected chi connectivity index (χ2v) is 4.03. The third-order valence-corrected chi connectivity index (χ3v) is 2.56. The normalized spacial score (nSPS) is 11.8. The number of aryl methyl sites for hydroxylation is 1. The van der Waals surface area contributed by atoms with Crippen LogP contribution in [0.5, 0.6) is 5.75 Å². The average molecular weight is 218 g/mol. The highest BCUT2D eigenvalue weighted by Gasteiger charge is 2.10. The van der Waals surface area contributed by atoms with Gasteiger partial charge in [-0.05, 0) is 41.7 Å². The Kier molecular flexibility index (Phi) is 5.10. The van der Waals surface area contributed by atoms with Crippen LogP contribution in [0, 0.1) is 0 Å². The number of fused-ring (bicyclic) bond motifs is 1. The molecule has 1 nitrogen and oxygen atoms in total. The van der Waals surface area contributed by atoms with E-state index < -0.39 is 0 Å². The molecule has 0 radical (unpaired) electrons. The Morgan fingerprint density at radius 1 is 1.19 bits per heavy atom.